The van der Waals surface area contributed by atoms with Crippen molar-refractivity contribution in [3.63, 3.8) is 0 Å². The van der Waals surface area contributed by atoms with Crippen LogP contribution < -0.4 is 5.43 Å². The summed E-state index contributed by atoms with van der Waals surface area (Å²) in [6.07, 6.45) is 1.82. The summed E-state index contributed by atoms with van der Waals surface area (Å²) >= 11 is 0. The van der Waals surface area contributed by atoms with Gasteiger partial charge in [-0.2, -0.15) is 23.5 Å². The van der Waals surface area contributed by atoms with Crippen LogP contribution in [-0.4, -0.2) is 53.8 Å². The van der Waals surface area contributed by atoms with Crippen molar-refractivity contribution >= 4 is 11.6 Å². The molecule has 3 rings (SSSR count). The molecule has 3 aliphatic rings. The van der Waals surface area contributed by atoms with Gasteiger partial charge in [0.1, 0.15) is 11.5 Å². The average molecular weight is 451 g/mol. The standard InChI is InChI=1S/C22H25F4N5O/c1-2-3-4-18(23)17(22(24,25)26)11-15-5-9-31(10-6-15)21(32)19-12-16-7-8-30(14-27)13-20(16)29-28-19/h2-4,15,29H,1,5-13H2/b4-3-,18-17-. The molecule has 3 heterocycles. The third kappa shape index (κ3) is 5.58. The van der Waals surface area contributed by atoms with E-state index in [1.807, 2.05) is 0 Å². The van der Waals surface area contributed by atoms with Gasteiger partial charge in [-0.3, -0.25) is 10.2 Å². The molecule has 1 amide bonds. The highest BCUT2D eigenvalue weighted by molar-refractivity contribution is 6.39. The number of nitrogens with zero attached hydrogens (tertiary/aromatic N) is 4. The molecule has 0 atom stereocenters. The summed E-state index contributed by atoms with van der Waals surface area (Å²) in [6.45, 7) is 4.97. The Bertz CT molecular complexity index is 918. The first kappa shape index (κ1) is 23.6. The van der Waals surface area contributed by atoms with Gasteiger partial charge in [0.05, 0.1) is 17.8 Å². The maximum absolute atomic E-state index is 14.0. The Morgan fingerprint density at radius 3 is 2.66 bits per heavy atom. The summed E-state index contributed by atoms with van der Waals surface area (Å²) in [5.41, 5.74) is 3.95. The minimum absolute atomic E-state index is 0.239. The lowest BCUT2D eigenvalue weighted by atomic mass is 9.89. The molecule has 0 aromatic heterocycles. The smallest absolute Gasteiger partial charge is 0.338 e. The summed E-state index contributed by atoms with van der Waals surface area (Å²) in [6, 6.07) is 0. The molecule has 0 aromatic carbocycles. The van der Waals surface area contributed by atoms with Crippen LogP contribution in [0.3, 0.4) is 0 Å². The Morgan fingerprint density at radius 2 is 2.03 bits per heavy atom. The monoisotopic (exact) mass is 451 g/mol. The molecule has 0 bridgehead atoms. The quantitative estimate of drug-likeness (QED) is 0.391. The van der Waals surface area contributed by atoms with Crippen LogP contribution >= 0.6 is 0 Å². The molecule has 1 fully saturated rings. The second kappa shape index (κ2) is 10.0. The van der Waals surface area contributed by atoms with Crippen LogP contribution in [0.1, 0.15) is 32.1 Å². The number of allylic oxidation sites excluding steroid dienone is 5. The first-order chi connectivity index (χ1) is 15.2. The van der Waals surface area contributed by atoms with Crippen LogP contribution in [0.4, 0.5) is 17.6 Å². The Balaban J connectivity index is 1.57. The third-order valence-corrected chi connectivity index (χ3v) is 5.96. The van der Waals surface area contributed by atoms with E-state index in [2.05, 4.69) is 23.3 Å². The predicted octanol–water partition coefficient (Wildman–Crippen LogP) is 3.93. The van der Waals surface area contributed by atoms with Crippen LogP contribution in [0.25, 0.3) is 0 Å². The van der Waals surface area contributed by atoms with E-state index in [1.54, 1.807) is 9.80 Å². The van der Waals surface area contributed by atoms with Gasteiger partial charge in [0.15, 0.2) is 6.19 Å². The molecule has 1 N–H and O–H groups in total. The number of amides is 1. The van der Waals surface area contributed by atoms with Crippen LogP contribution in [-0.2, 0) is 4.79 Å². The lowest BCUT2D eigenvalue weighted by molar-refractivity contribution is -0.126. The zero-order chi connectivity index (χ0) is 23.3. The van der Waals surface area contributed by atoms with E-state index in [-0.39, 0.29) is 11.8 Å². The van der Waals surface area contributed by atoms with Gasteiger partial charge in [0.25, 0.3) is 5.91 Å². The first-order valence-corrected chi connectivity index (χ1v) is 10.4. The molecule has 0 aliphatic carbocycles. The van der Waals surface area contributed by atoms with Crippen LogP contribution in [0.5, 0.6) is 0 Å². The largest absolute Gasteiger partial charge is 0.415 e. The number of hydrogen-bond acceptors (Lipinski definition) is 5. The number of piperidine rings is 1. The molecule has 0 saturated carbocycles. The number of carbonyl (C=O) groups excluding carboxylic acids is 1. The van der Waals surface area contributed by atoms with Gasteiger partial charge in [0, 0.05) is 26.1 Å². The molecule has 0 spiro atoms. The summed E-state index contributed by atoms with van der Waals surface area (Å²) < 4.78 is 54.0. The van der Waals surface area contributed by atoms with E-state index in [1.165, 1.54) is 6.08 Å². The van der Waals surface area contributed by atoms with Crippen molar-refractivity contribution in [2.45, 2.75) is 38.3 Å². The van der Waals surface area contributed by atoms with E-state index in [4.69, 9.17) is 5.26 Å². The summed E-state index contributed by atoms with van der Waals surface area (Å²) in [7, 11) is 0. The van der Waals surface area contributed by atoms with E-state index < -0.39 is 24.0 Å². The lowest BCUT2D eigenvalue weighted by Crippen LogP contribution is -2.44. The normalized spacial score (nSPS) is 20.9. The average Bonchev–Trinajstić information content (AvgIpc) is 2.79. The SMILES string of the molecule is C=C/C=C\C(F)=C(/CC1CCN(C(=O)C2=NNC3=C(CCN(C#N)C3)C2)CC1)C(F)(F)F. The summed E-state index contributed by atoms with van der Waals surface area (Å²) in [4.78, 5) is 16.1. The predicted molar refractivity (Wildman–Crippen MR) is 111 cm³/mol. The highest BCUT2D eigenvalue weighted by Gasteiger charge is 2.39. The van der Waals surface area contributed by atoms with Gasteiger partial charge >= 0.3 is 6.18 Å². The Hall–Kier alpha value is -3.09. The van der Waals surface area contributed by atoms with Gasteiger partial charge in [-0.05, 0) is 43.3 Å². The molecular weight excluding hydrogens is 426 g/mol. The third-order valence-electron chi connectivity index (χ3n) is 5.96. The fraction of sp³-hybridized carbons (Fsp3) is 0.500. The molecule has 1 saturated heterocycles. The molecular formula is C22H25F4N5O. The maximum atomic E-state index is 14.0. The molecule has 0 unspecified atom stereocenters. The molecule has 10 heteroatoms. The Labute approximate surface area is 184 Å². The summed E-state index contributed by atoms with van der Waals surface area (Å²) in [5.74, 6) is -1.91. The van der Waals surface area contributed by atoms with Crippen molar-refractivity contribution in [2.75, 3.05) is 26.2 Å². The highest BCUT2D eigenvalue weighted by atomic mass is 19.4. The van der Waals surface area contributed by atoms with Crippen molar-refractivity contribution in [1.82, 2.24) is 15.2 Å². The Kier molecular flexibility index (Phi) is 7.38. The number of hydrazone groups is 1. The maximum Gasteiger partial charge on any atom is 0.415 e. The molecule has 6 nitrogen and oxygen atoms in total. The molecule has 3 aliphatic heterocycles. The minimum Gasteiger partial charge on any atom is -0.338 e. The zero-order valence-electron chi connectivity index (χ0n) is 17.6. The van der Waals surface area contributed by atoms with Crippen LogP contribution in [0.2, 0.25) is 0 Å². The van der Waals surface area contributed by atoms with Crippen molar-refractivity contribution in [3.8, 4) is 6.19 Å². The first-order valence-electron chi connectivity index (χ1n) is 10.4. The number of nitrogens with one attached hydrogen (secondary N) is 1. The van der Waals surface area contributed by atoms with Gasteiger partial charge < -0.3 is 9.80 Å². The van der Waals surface area contributed by atoms with E-state index in [0.717, 1.165) is 23.4 Å². The second-order valence-electron chi connectivity index (χ2n) is 8.06. The van der Waals surface area contributed by atoms with Crippen LogP contribution in [0.15, 0.2) is 52.6 Å². The van der Waals surface area contributed by atoms with E-state index >= 15 is 0 Å². The summed E-state index contributed by atoms with van der Waals surface area (Å²) in [5, 5.41) is 13.2. The number of alkyl halides is 3. The van der Waals surface area contributed by atoms with E-state index in [0.29, 0.717) is 57.6 Å². The van der Waals surface area contributed by atoms with Gasteiger partial charge in [-0.1, -0.05) is 18.7 Å². The van der Waals surface area contributed by atoms with Crippen LogP contribution in [0, 0.1) is 17.4 Å². The fourth-order valence-corrected chi connectivity index (χ4v) is 4.11. The van der Waals surface area contributed by atoms with E-state index in [9.17, 15) is 22.4 Å². The fourth-order valence-electron chi connectivity index (χ4n) is 4.11. The molecule has 0 radical (unpaired) electrons. The number of carbonyl (C=O) groups is 1. The lowest BCUT2D eigenvalue weighted by Gasteiger charge is -2.34. The zero-order valence-corrected chi connectivity index (χ0v) is 17.6. The van der Waals surface area contributed by atoms with Crippen molar-refractivity contribution < 1.29 is 22.4 Å². The number of halogens is 4. The Morgan fingerprint density at radius 1 is 1.31 bits per heavy atom. The minimum atomic E-state index is -4.75. The number of nitriles is 1. The topological polar surface area (TPSA) is 71.7 Å². The number of hydrogen-bond donors (Lipinski definition) is 1. The van der Waals surface area contributed by atoms with Crippen molar-refractivity contribution in [2.24, 2.45) is 11.0 Å². The van der Waals surface area contributed by atoms with Crippen molar-refractivity contribution in [3.05, 3.63) is 47.5 Å². The second-order valence-corrected chi connectivity index (χ2v) is 8.06. The van der Waals surface area contributed by atoms with Gasteiger partial charge in [-0.15, -0.1) is 0 Å². The van der Waals surface area contributed by atoms with Gasteiger partial charge in [-0.25, -0.2) is 4.39 Å². The van der Waals surface area contributed by atoms with Gasteiger partial charge in [0.2, 0.25) is 0 Å². The number of likely N-dealkylation sites (tertiary alicyclic amines) is 1. The van der Waals surface area contributed by atoms with Crippen molar-refractivity contribution in [1.29, 1.82) is 5.26 Å². The molecule has 0 aromatic rings. The highest BCUT2D eigenvalue weighted by Crippen LogP contribution is 2.37. The number of rotatable bonds is 5. The molecule has 172 valence electrons. The molecule has 32 heavy (non-hydrogen) atoms.